The molecule has 1 heterocycles. The van der Waals surface area contributed by atoms with E-state index < -0.39 is 0 Å². The lowest BCUT2D eigenvalue weighted by molar-refractivity contribution is 0.0812. The predicted molar refractivity (Wildman–Crippen MR) is 75.3 cm³/mol. The molecule has 0 aliphatic carbocycles. The zero-order valence-electron chi connectivity index (χ0n) is 11.2. The highest BCUT2D eigenvalue weighted by Crippen LogP contribution is 2.27. The number of benzene rings is 2. The van der Waals surface area contributed by atoms with Crippen molar-refractivity contribution >= 4 is 16.7 Å². The molecule has 2 aromatic carbocycles. The Bertz CT molecular complexity index is 772. The van der Waals surface area contributed by atoms with Gasteiger partial charge < -0.3 is 9.42 Å². The molecule has 20 heavy (non-hydrogen) atoms. The van der Waals surface area contributed by atoms with Gasteiger partial charge in [0.1, 0.15) is 0 Å². The van der Waals surface area contributed by atoms with E-state index in [2.05, 4.69) is 10.1 Å². The third-order valence-corrected chi connectivity index (χ3v) is 3.04. The van der Waals surface area contributed by atoms with Crippen molar-refractivity contribution in [3.8, 4) is 11.5 Å². The highest BCUT2D eigenvalue weighted by Gasteiger charge is 2.18. The number of nitrogens with zero attached hydrogens (tertiary/aromatic N) is 3. The molecule has 0 aliphatic heterocycles. The van der Waals surface area contributed by atoms with Gasteiger partial charge in [0.05, 0.1) is 0 Å². The number of hydrogen-bond acceptors (Lipinski definition) is 4. The average Bonchev–Trinajstić information content (AvgIpc) is 2.95. The number of amides is 1. The lowest BCUT2D eigenvalue weighted by Crippen LogP contribution is -2.22. The summed E-state index contributed by atoms with van der Waals surface area (Å²) in [6, 6.07) is 13.8. The van der Waals surface area contributed by atoms with Crippen molar-refractivity contribution in [1.29, 1.82) is 0 Å². The maximum atomic E-state index is 11.8. The third kappa shape index (κ3) is 2.03. The Morgan fingerprint density at radius 1 is 1.10 bits per heavy atom. The SMILES string of the molecule is CN(C)C(=O)c1noc(-c2cccc3ccccc23)n1. The van der Waals surface area contributed by atoms with Crippen LogP contribution in [-0.4, -0.2) is 35.0 Å². The Morgan fingerprint density at radius 2 is 1.85 bits per heavy atom. The largest absolute Gasteiger partial charge is 0.342 e. The molecule has 0 saturated carbocycles. The van der Waals surface area contributed by atoms with Crippen molar-refractivity contribution < 1.29 is 9.32 Å². The number of rotatable bonds is 2. The van der Waals surface area contributed by atoms with Gasteiger partial charge in [-0.05, 0) is 16.8 Å². The fraction of sp³-hybridized carbons (Fsp3) is 0.133. The minimum Gasteiger partial charge on any atom is -0.342 e. The van der Waals surface area contributed by atoms with Gasteiger partial charge in [0.2, 0.25) is 0 Å². The second-order valence-electron chi connectivity index (χ2n) is 4.65. The maximum absolute atomic E-state index is 11.8. The molecule has 0 aliphatic rings. The van der Waals surface area contributed by atoms with Crippen LogP contribution in [0.5, 0.6) is 0 Å². The van der Waals surface area contributed by atoms with Gasteiger partial charge in [-0.1, -0.05) is 41.6 Å². The van der Waals surface area contributed by atoms with E-state index in [0.717, 1.165) is 16.3 Å². The highest BCUT2D eigenvalue weighted by atomic mass is 16.5. The average molecular weight is 267 g/mol. The van der Waals surface area contributed by atoms with Crippen LogP contribution in [-0.2, 0) is 0 Å². The topological polar surface area (TPSA) is 59.2 Å². The van der Waals surface area contributed by atoms with Gasteiger partial charge in [-0.2, -0.15) is 4.98 Å². The van der Waals surface area contributed by atoms with Crippen molar-refractivity contribution in [3.63, 3.8) is 0 Å². The lowest BCUT2D eigenvalue weighted by atomic mass is 10.0. The molecule has 1 amide bonds. The van der Waals surface area contributed by atoms with Gasteiger partial charge in [0.15, 0.2) is 0 Å². The molecular weight excluding hydrogens is 254 g/mol. The molecule has 3 rings (SSSR count). The first-order valence-electron chi connectivity index (χ1n) is 6.20. The van der Waals surface area contributed by atoms with Gasteiger partial charge in [-0.15, -0.1) is 0 Å². The summed E-state index contributed by atoms with van der Waals surface area (Å²) in [5, 5.41) is 5.85. The van der Waals surface area contributed by atoms with Gasteiger partial charge in [-0.25, -0.2) is 0 Å². The molecular formula is C15H13N3O2. The van der Waals surface area contributed by atoms with E-state index in [0.29, 0.717) is 5.89 Å². The van der Waals surface area contributed by atoms with Crippen LogP contribution in [0.2, 0.25) is 0 Å². The Balaban J connectivity index is 2.10. The normalized spacial score (nSPS) is 10.7. The molecule has 0 unspecified atom stereocenters. The molecule has 0 spiro atoms. The van der Waals surface area contributed by atoms with Crippen LogP contribution < -0.4 is 0 Å². The van der Waals surface area contributed by atoms with Crippen LogP contribution in [0.25, 0.3) is 22.2 Å². The second-order valence-corrected chi connectivity index (χ2v) is 4.65. The van der Waals surface area contributed by atoms with E-state index in [1.54, 1.807) is 14.1 Å². The number of hydrogen-bond donors (Lipinski definition) is 0. The number of carbonyl (C=O) groups is 1. The molecule has 1 aromatic heterocycles. The lowest BCUT2D eigenvalue weighted by Gasteiger charge is -2.04. The Labute approximate surface area is 115 Å². The van der Waals surface area contributed by atoms with Gasteiger partial charge in [0.25, 0.3) is 17.6 Å². The van der Waals surface area contributed by atoms with E-state index in [1.165, 1.54) is 4.90 Å². The molecule has 0 saturated heterocycles. The Kier molecular flexibility index (Phi) is 2.95. The van der Waals surface area contributed by atoms with E-state index in [9.17, 15) is 4.79 Å². The number of aromatic nitrogens is 2. The van der Waals surface area contributed by atoms with Crippen LogP contribution in [0.4, 0.5) is 0 Å². The van der Waals surface area contributed by atoms with Crippen LogP contribution in [0, 0.1) is 0 Å². The molecule has 0 N–H and O–H groups in total. The number of carbonyl (C=O) groups excluding carboxylic acids is 1. The molecule has 100 valence electrons. The van der Waals surface area contributed by atoms with E-state index in [1.807, 2.05) is 42.5 Å². The molecule has 5 nitrogen and oxygen atoms in total. The van der Waals surface area contributed by atoms with Crippen molar-refractivity contribution in [2.75, 3.05) is 14.1 Å². The molecule has 0 bridgehead atoms. The summed E-state index contributed by atoms with van der Waals surface area (Å²) in [4.78, 5) is 17.4. The molecule has 0 fully saturated rings. The smallest absolute Gasteiger partial charge is 0.294 e. The van der Waals surface area contributed by atoms with Crippen molar-refractivity contribution in [3.05, 3.63) is 48.3 Å². The van der Waals surface area contributed by atoms with Crippen LogP contribution >= 0.6 is 0 Å². The third-order valence-electron chi connectivity index (χ3n) is 3.04. The summed E-state index contributed by atoms with van der Waals surface area (Å²) in [5.41, 5.74) is 0.827. The van der Waals surface area contributed by atoms with Crippen LogP contribution in [0.3, 0.4) is 0 Å². The van der Waals surface area contributed by atoms with Crippen LogP contribution in [0.15, 0.2) is 47.0 Å². The summed E-state index contributed by atoms with van der Waals surface area (Å²) in [5.74, 6) is 0.144. The standard InChI is InChI=1S/C15H13N3O2/c1-18(2)15(19)13-16-14(20-17-13)12-9-5-7-10-6-3-4-8-11(10)12/h3-9H,1-2H3. The van der Waals surface area contributed by atoms with Crippen LogP contribution in [0.1, 0.15) is 10.6 Å². The van der Waals surface area contributed by atoms with E-state index in [-0.39, 0.29) is 11.7 Å². The Morgan fingerprint density at radius 3 is 2.65 bits per heavy atom. The van der Waals surface area contributed by atoms with Crippen molar-refractivity contribution in [2.24, 2.45) is 0 Å². The summed E-state index contributed by atoms with van der Waals surface area (Å²) >= 11 is 0. The van der Waals surface area contributed by atoms with E-state index >= 15 is 0 Å². The van der Waals surface area contributed by atoms with Gasteiger partial charge in [-0.3, -0.25) is 4.79 Å². The van der Waals surface area contributed by atoms with E-state index in [4.69, 9.17) is 4.52 Å². The summed E-state index contributed by atoms with van der Waals surface area (Å²) in [6.07, 6.45) is 0. The first-order valence-corrected chi connectivity index (χ1v) is 6.20. The molecule has 0 atom stereocenters. The van der Waals surface area contributed by atoms with Gasteiger partial charge in [0, 0.05) is 19.7 Å². The first-order chi connectivity index (χ1) is 9.66. The summed E-state index contributed by atoms with van der Waals surface area (Å²) in [7, 11) is 3.30. The first kappa shape index (κ1) is 12.3. The quantitative estimate of drug-likeness (QED) is 0.716. The molecule has 0 radical (unpaired) electrons. The fourth-order valence-corrected chi connectivity index (χ4v) is 2.03. The maximum Gasteiger partial charge on any atom is 0.294 e. The zero-order chi connectivity index (χ0) is 14.1. The minimum atomic E-state index is -0.278. The zero-order valence-corrected chi connectivity index (χ0v) is 11.2. The van der Waals surface area contributed by atoms with Crippen molar-refractivity contribution in [2.45, 2.75) is 0 Å². The van der Waals surface area contributed by atoms with Crippen molar-refractivity contribution in [1.82, 2.24) is 15.0 Å². The fourth-order valence-electron chi connectivity index (χ4n) is 2.03. The molecule has 5 heteroatoms. The highest BCUT2D eigenvalue weighted by molar-refractivity contribution is 5.95. The predicted octanol–water partition coefficient (Wildman–Crippen LogP) is 2.59. The minimum absolute atomic E-state index is 0.0675. The monoisotopic (exact) mass is 267 g/mol. The van der Waals surface area contributed by atoms with Gasteiger partial charge >= 0.3 is 0 Å². The molecule has 3 aromatic rings. The Hall–Kier alpha value is -2.69. The summed E-state index contributed by atoms with van der Waals surface area (Å²) < 4.78 is 5.22. The summed E-state index contributed by atoms with van der Waals surface area (Å²) in [6.45, 7) is 0. The second kappa shape index (κ2) is 4.77. The number of fused-ring (bicyclic) bond motifs is 1.